The van der Waals surface area contributed by atoms with Crippen molar-refractivity contribution in [1.82, 2.24) is 9.97 Å². The third-order valence-corrected chi connectivity index (χ3v) is 3.80. The van der Waals surface area contributed by atoms with Crippen molar-refractivity contribution in [2.24, 2.45) is 0 Å². The number of aromatic nitrogens is 2. The van der Waals surface area contributed by atoms with Crippen LogP contribution in [0.4, 0.5) is 5.82 Å². The van der Waals surface area contributed by atoms with E-state index in [-0.39, 0.29) is 0 Å². The largest absolute Gasteiger partial charge is 0.370 e. The Balaban J connectivity index is 2.12. The first-order chi connectivity index (χ1) is 9.69. The Morgan fingerprint density at radius 1 is 1.15 bits per heavy atom. The Morgan fingerprint density at radius 3 is 2.45 bits per heavy atom. The monoisotopic (exact) mass is 267 g/mol. The molecule has 20 heavy (non-hydrogen) atoms. The first-order valence-electron chi connectivity index (χ1n) is 7.38. The van der Waals surface area contributed by atoms with Crippen LogP contribution in [0.1, 0.15) is 42.5 Å². The summed E-state index contributed by atoms with van der Waals surface area (Å²) >= 11 is 0. The van der Waals surface area contributed by atoms with Crippen LogP contribution in [0, 0.1) is 13.8 Å². The van der Waals surface area contributed by atoms with Crippen molar-refractivity contribution in [3.63, 3.8) is 0 Å². The van der Waals surface area contributed by atoms with Gasteiger partial charge in [0, 0.05) is 29.8 Å². The van der Waals surface area contributed by atoms with Gasteiger partial charge in [0.15, 0.2) is 5.82 Å². The number of anilines is 1. The molecule has 2 aromatic rings. The summed E-state index contributed by atoms with van der Waals surface area (Å²) in [6.45, 7) is 7.23. The van der Waals surface area contributed by atoms with Crippen LogP contribution in [0.25, 0.3) is 11.4 Å². The van der Waals surface area contributed by atoms with Gasteiger partial charge >= 0.3 is 0 Å². The molecule has 0 spiro atoms. The molecule has 1 aliphatic carbocycles. The quantitative estimate of drug-likeness (QED) is 0.907. The fourth-order valence-electron chi connectivity index (χ4n) is 2.60. The predicted molar refractivity (Wildman–Crippen MR) is 83.1 cm³/mol. The zero-order valence-corrected chi connectivity index (χ0v) is 12.4. The molecule has 0 bridgehead atoms. The summed E-state index contributed by atoms with van der Waals surface area (Å²) in [6, 6.07) is 8.45. The lowest BCUT2D eigenvalue weighted by Crippen LogP contribution is -2.04. The Labute approximate surface area is 120 Å². The van der Waals surface area contributed by atoms with E-state index in [1.807, 2.05) is 0 Å². The molecule has 0 saturated heterocycles. The molecule has 3 nitrogen and oxygen atoms in total. The molecule has 1 N–H and O–H groups in total. The minimum absolute atomic E-state index is 0.637. The topological polar surface area (TPSA) is 37.8 Å². The molecule has 1 aliphatic rings. The standard InChI is InChI=1S/C17H21N3/c1-4-18-15-10-14(13-8-9-13)19-17(20-15)16-11(2)6-5-7-12(16)3/h5-7,10,13H,4,8-9H2,1-3H3,(H,18,19,20). The number of nitrogens with one attached hydrogen (secondary N) is 1. The normalized spacial score (nSPS) is 14.3. The van der Waals surface area contributed by atoms with E-state index in [1.165, 1.54) is 35.2 Å². The highest BCUT2D eigenvalue weighted by molar-refractivity contribution is 5.66. The molecule has 0 atom stereocenters. The molecule has 0 aliphatic heterocycles. The second-order valence-corrected chi connectivity index (χ2v) is 5.57. The molecule has 1 fully saturated rings. The molecule has 3 heteroatoms. The lowest BCUT2D eigenvalue weighted by molar-refractivity contribution is 0.985. The maximum absolute atomic E-state index is 4.82. The number of rotatable bonds is 4. The van der Waals surface area contributed by atoms with Gasteiger partial charge in [-0.25, -0.2) is 9.97 Å². The lowest BCUT2D eigenvalue weighted by atomic mass is 10.0. The van der Waals surface area contributed by atoms with Gasteiger partial charge in [-0.15, -0.1) is 0 Å². The number of aryl methyl sites for hydroxylation is 2. The minimum Gasteiger partial charge on any atom is -0.370 e. The highest BCUT2D eigenvalue weighted by Gasteiger charge is 2.26. The molecule has 1 heterocycles. The van der Waals surface area contributed by atoms with Crippen molar-refractivity contribution in [1.29, 1.82) is 0 Å². The van der Waals surface area contributed by atoms with Crippen LogP contribution in [-0.2, 0) is 0 Å². The first-order valence-corrected chi connectivity index (χ1v) is 7.38. The second-order valence-electron chi connectivity index (χ2n) is 5.57. The van der Waals surface area contributed by atoms with E-state index >= 15 is 0 Å². The minimum atomic E-state index is 0.637. The molecular formula is C17H21N3. The Bertz CT molecular complexity index is 610. The van der Waals surface area contributed by atoms with Crippen LogP contribution < -0.4 is 5.32 Å². The van der Waals surface area contributed by atoms with E-state index in [0.29, 0.717) is 5.92 Å². The SMILES string of the molecule is CCNc1cc(C2CC2)nc(-c2c(C)cccc2C)n1. The molecule has 1 aromatic heterocycles. The van der Waals surface area contributed by atoms with Crippen LogP contribution in [-0.4, -0.2) is 16.5 Å². The molecule has 3 rings (SSSR count). The second kappa shape index (κ2) is 5.23. The zero-order chi connectivity index (χ0) is 14.1. The van der Waals surface area contributed by atoms with Crippen molar-refractivity contribution in [3.8, 4) is 11.4 Å². The van der Waals surface area contributed by atoms with Gasteiger partial charge in [0.25, 0.3) is 0 Å². The average Bonchev–Trinajstić information content (AvgIpc) is 3.23. The molecule has 0 unspecified atom stereocenters. The van der Waals surface area contributed by atoms with E-state index in [1.54, 1.807) is 0 Å². The van der Waals surface area contributed by atoms with Gasteiger partial charge < -0.3 is 5.32 Å². The van der Waals surface area contributed by atoms with E-state index in [4.69, 9.17) is 9.97 Å². The molecule has 0 radical (unpaired) electrons. The predicted octanol–water partition coefficient (Wildman–Crippen LogP) is 4.07. The van der Waals surface area contributed by atoms with Crippen LogP contribution in [0.5, 0.6) is 0 Å². The van der Waals surface area contributed by atoms with Gasteiger partial charge in [-0.1, -0.05) is 18.2 Å². The fraction of sp³-hybridized carbons (Fsp3) is 0.412. The van der Waals surface area contributed by atoms with E-state index in [9.17, 15) is 0 Å². The third-order valence-electron chi connectivity index (χ3n) is 3.80. The van der Waals surface area contributed by atoms with Crippen molar-refractivity contribution >= 4 is 5.82 Å². The van der Waals surface area contributed by atoms with Crippen molar-refractivity contribution in [2.45, 2.75) is 39.5 Å². The van der Waals surface area contributed by atoms with Crippen molar-refractivity contribution in [2.75, 3.05) is 11.9 Å². The Hall–Kier alpha value is -1.90. The van der Waals surface area contributed by atoms with Gasteiger partial charge in [0.05, 0.1) is 0 Å². The van der Waals surface area contributed by atoms with Gasteiger partial charge in [-0.05, 0) is 44.7 Å². The van der Waals surface area contributed by atoms with E-state index < -0.39 is 0 Å². The molecular weight excluding hydrogens is 246 g/mol. The summed E-state index contributed by atoms with van der Waals surface area (Å²) in [5, 5.41) is 3.33. The molecule has 104 valence electrons. The summed E-state index contributed by atoms with van der Waals surface area (Å²) in [6.07, 6.45) is 2.52. The van der Waals surface area contributed by atoms with E-state index in [0.717, 1.165) is 18.2 Å². The number of benzene rings is 1. The third kappa shape index (κ3) is 2.53. The molecule has 1 saturated carbocycles. The van der Waals surface area contributed by atoms with Gasteiger partial charge in [0.2, 0.25) is 0 Å². The smallest absolute Gasteiger partial charge is 0.162 e. The van der Waals surface area contributed by atoms with Gasteiger partial charge in [-0.3, -0.25) is 0 Å². The molecule has 1 aromatic carbocycles. The van der Waals surface area contributed by atoms with Crippen molar-refractivity contribution < 1.29 is 0 Å². The van der Waals surface area contributed by atoms with E-state index in [2.05, 4.69) is 50.4 Å². The highest BCUT2D eigenvalue weighted by atomic mass is 15.0. The summed E-state index contributed by atoms with van der Waals surface area (Å²) in [7, 11) is 0. The summed E-state index contributed by atoms with van der Waals surface area (Å²) in [5.74, 6) is 2.45. The Kier molecular flexibility index (Phi) is 3.43. The average molecular weight is 267 g/mol. The van der Waals surface area contributed by atoms with Gasteiger partial charge in [-0.2, -0.15) is 0 Å². The van der Waals surface area contributed by atoms with Crippen LogP contribution >= 0.6 is 0 Å². The summed E-state index contributed by atoms with van der Waals surface area (Å²) in [5.41, 5.74) is 4.84. The van der Waals surface area contributed by atoms with Crippen molar-refractivity contribution in [3.05, 3.63) is 41.1 Å². The molecule has 0 amide bonds. The zero-order valence-electron chi connectivity index (χ0n) is 12.4. The first kappa shape index (κ1) is 13.1. The maximum atomic E-state index is 4.82. The van der Waals surface area contributed by atoms with Crippen LogP contribution in [0.3, 0.4) is 0 Å². The number of hydrogen-bond donors (Lipinski definition) is 1. The maximum Gasteiger partial charge on any atom is 0.162 e. The number of hydrogen-bond acceptors (Lipinski definition) is 3. The lowest BCUT2D eigenvalue weighted by Gasteiger charge is -2.12. The Morgan fingerprint density at radius 2 is 1.85 bits per heavy atom. The van der Waals surface area contributed by atoms with Crippen LogP contribution in [0.15, 0.2) is 24.3 Å². The van der Waals surface area contributed by atoms with Crippen LogP contribution in [0.2, 0.25) is 0 Å². The fourth-order valence-corrected chi connectivity index (χ4v) is 2.60. The highest BCUT2D eigenvalue weighted by Crippen LogP contribution is 2.40. The van der Waals surface area contributed by atoms with Gasteiger partial charge in [0.1, 0.15) is 5.82 Å². The summed E-state index contributed by atoms with van der Waals surface area (Å²) in [4.78, 5) is 9.52. The number of nitrogens with zero attached hydrogens (tertiary/aromatic N) is 2. The summed E-state index contributed by atoms with van der Waals surface area (Å²) < 4.78 is 0.